The first kappa shape index (κ1) is 52.5. The predicted molar refractivity (Wildman–Crippen MR) is 233 cm³/mol. The third-order valence-electron chi connectivity index (χ3n) is 13.3. The topological polar surface area (TPSA) is 205 Å². The number of allylic oxidation sites excluding steroid dienone is 5. The van der Waals surface area contributed by atoms with Crippen LogP contribution >= 0.6 is 0 Å². The molecule has 61 heavy (non-hydrogen) atoms. The fraction of sp³-hybridized carbons (Fsp3) is 0.787. The Morgan fingerprint density at radius 3 is 2.16 bits per heavy atom. The van der Waals surface area contributed by atoms with Crippen LogP contribution in [0.3, 0.4) is 0 Å². The number of aliphatic hydroxyl groups is 4. The molecular formula is C47H78N2O12. The van der Waals surface area contributed by atoms with E-state index in [1.54, 1.807) is 35.2 Å². The highest BCUT2D eigenvalue weighted by molar-refractivity contribution is 6.39. The summed E-state index contributed by atoms with van der Waals surface area (Å²) in [6, 6.07) is -1.12. The zero-order valence-electron chi connectivity index (χ0n) is 38.7. The molecule has 0 radical (unpaired) electrons. The van der Waals surface area contributed by atoms with Crippen LogP contribution in [-0.4, -0.2) is 138 Å². The molecule has 5 N–H and O–H groups in total. The van der Waals surface area contributed by atoms with Crippen LogP contribution in [-0.2, 0) is 38.1 Å². The number of ether oxygens (including phenoxy) is 5. The highest BCUT2D eigenvalue weighted by Crippen LogP contribution is 2.39. The number of cyclic esters (lactones) is 1. The first-order valence-electron chi connectivity index (χ1n) is 22.3. The molecule has 348 valence electrons. The van der Waals surface area contributed by atoms with E-state index >= 15 is 0 Å². The number of hydrogen-bond acceptors (Lipinski definition) is 13. The monoisotopic (exact) mass is 863 g/mol. The van der Waals surface area contributed by atoms with Gasteiger partial charge < -0.3 is 54.4 Å². The van der Waals surface area contributed by atoms with E-state index in [1.807, 2.05) is 33.8 Å². The maximum absolute atomic E-state index is 14.4. The molecule has 0 aromatic rings. The molecule has 1 amide bonds. The third-order valence-corrected chi connectivity index (χ3v) is 13.3. The lowest BCUT2D eigenvalue weighted by atomic mass is 9.81. The van der Waals surface area contributed by atoms with Gasteiger partial charge >= 0.3 is 5.97 Å². The van der Waals surface area contributed by atoms with E-state index in [1.165, 1.54) is 4.90 Å². The van der Waals surface area contributed by atoms with Crippen molar-refractivity contribution >= 4 is 23.4 Å². The van der Waals surface area contributed by atoms with Gasteiger partial charge in [0.1, 0.15) is 18.2 Å². The van der Waals surface area contributed by atoms with Crippen molar-refractivity contribution in [3.8, 4) is 0 Å². The number of ketones is 1. The molecule has 2 bridgehead atoms. The third kappa shape index (κ3) is 13.6. The predicted octanol–water partition coefficient (Wildman–Crippen LogP) is 5.48. The van der Waals surface area contributed by atoms with Crippen molar-refractivity contribution in [2.24, 2.45) is 29.6 Å². The summed E-state index contributed by atoms with van der Waals surface area (Å²) in [7, 11) is 5.67. The van der Waals surface area contributed by atoms with E-state index in [4.69, 9.17) is 28.8 Å². The van der Waals surface area contributed by atoms with Crippen molar-refractivity contribution in [3.05, 3.63) is 34.9 Å². The van der Waals surface area contributed by atoms with Crippen LogP contribution in [0.1, 0.15) is 119 Å². The van der Waals surface area contributed by atoms with Crippen LogP contribution in [0, 0.1) is 35.0 Å². The number of rotatable bonds is 7. The van der Waals surface area contributed by atoms with Gasteiger partial charge in [0.05, 0.1) is 30.5 Å². The Bertz CT molecular complexity index is 1560. The summed E-state index contributed by atoms with van der Waals surface area (Å²) in [5, 5.41) is 50.8. The lowest BCUT2D eigenvalue weighted by molar-refractivity contribution is -0.302. The first-order valence-corrected chi connectivity index (χ1v) is 22.3. The molecule has 3 aliphatic heterocycles. The highest BCUT2D eigenvalue weighted by Gasteiger charge is 2.56. The molecule has 1 aliphatic carbocycles. The van der Waals surface area contributed by atoms with Crippen molar-refractivity contribution in [2.45, 2.75) is 174 Å². The molecule has 14 atom stereocenters. The lowest BCUT2D eigenvalue weighted by Crippen LogP contribution is -2.64. The smallest absolute Gasteiger partial charge is 0.329 e. The number of amides is 1. The normalized spacial score (nSPS) is 38.7. The molecule has 14 nitrogen and oxygen atoms in total. The largest absolute Gasteiger partial charge is 0.456 e. The van der Waals surface area contributed by atoms with Gasteiger partial charge in [-0.15, -0.1) is 0 Å². The summed E-state index contributed by atoms with van der Waals surface area (Å²) in [6.07, 6.45) is 6.55. The Morgan fingerprint density at radius 1 is 0.902 bits per heavy atom. The summed E-state index contributed by atoms with van der Waals surface area (Å²) < 4.78 is 30.0. The second-order valence-corrected chi connectivity index (χ2v) is 18.3. The standard InChI is InChI=1S/C46H74N2O11.CH4O/c1-26(2)14-16-33-20-27(3)19-28(4)21-39(56-9)42-40(57-10)23-30(6)46(54,59-42)43(51)44(52)48-18-12-11-13-35(48)45(53)58-41(31(7)37(50)25-34(33)47)29(5)22-32-15-17-36(49)38(24-32)55-8;1-2/h14,20,22,28,30-33,35-42,47,49-50,54H,11-13,15-19,21,23-25H2,1-10H3;2H,1H3/b27-20+,29-22+,47-34?;/t28-,30+,31+,32-,33+,35-,36+,37-,38+,39-,40-,41+,42+,46+;/m0./s1. The van der Waals surface area contributed by atoms with Crippen molar-refractivity contribution in [1.29, 1.82) is 5.41 Å². The molecule has 0 spiro atoms. The van der Waals surface area contributed by atoms with E-state index in [2.05, 4.69) is 19.1 Å². The maximum Gasteiger partial charge on any atom is 0.329 e. The van der Waals surface area contributed by atoms with E-state index in [0.29, 0.717) is 62.7 Å². The fourth-order valence-corrected chi connectivity index (χ4v) is 9.65. The van der Waals surface area contributed by atoms with Crippen molar-refractivity contribution in [1.82, 2.24) is 4.90 Å². The van der Waals surface area contributed by atoms with Gasteiger partial charge in [-0.1, -0.05) is 50.1 Å². The average molecular weight is 863 g/mol. The van der Waals surface area contributed by atoms with Gasteiger partial charge in [0.25, 0.3) is 11.7 Å². The zero-order valence-corrected chi connectivity index (χ0v) is 38.7. The number of esters is 1. The van der Waals surface area contributed by atoms with E-state index in [0.717, 1.165) is 18.3 Å². The number of fused-ring (bicyclic) bond motifs is 3. The minimum absolute atomic E-state index is 0.0154. The van der Waals surface area contributed by atoms with Gasteiger partial charge in [0.15, 0.2) is 0 Å². The summed E-state index contributed by atoms with van der Waals surface area (Å²) in [5.74, 6) is -7.08. The second-order valence-electron chi connectivity index (χ2n) is 18.3. The number of Topliss-reactive ketones (excluding diaryl/α,β-unsaturated/α-hetero) is 1. The van der Waals surface area contributed by atoms with Gasteiger partial charge in [-0.3, -0.25) is 9.59 Å². The Balaban J connectivity index is 0.00000489. The van der Waals surface area contributed by atoms with E-state index < -0.39 is 77.9 Å². The van der Waals surface area contributed by atoms with Crippen molar-refractivity contribution in [2.75, 3.05) is 35.0 Å². The van der Waals surface area contributed by atoms with Crippen LogP contribution in [0.4, 0.5) is 0 Å². The SMILES string of the molecule is CO.CO[C@H]1C[C@@H](C)C/C(C)=C/[C@@H](CC=C(C)C)C(=N)C[C@H](O)[C@@H](C)[C@@H](/C(C)=C/[C@@H]2CC[C@@H](O)[C@H](OC)C2)OC(=O)[C@@H]2CCCCN2C(=O)C(=O)[C@]2(O)O[C@H]1[C@@H](OC)C[C@H]2C. The number of hydrogen-bond donors (Lipinski definition) is 5. The minimum atomic E-state index is -2.50. The van der Waals surface area contributed by atoms with E-state index in [9.17, 15) is 35.1 Å². The Kier molecular flexibility index (Phi) is 20.9. The summed E-state index contributed by atoms with van der Waals surface area (Å²) in [4.78, 5) is 44.2. The molecule has 3 fully saturated rings. The molecule has 2 saturated heterocycles. The average Bonchev–Trinajstić information content (AvgIpc) is 3.24. The summed E-state index contributed by atoms with van der Waals surface area (Å²) in [6.45, 7) is 13.6. The molecular weight excluding hydrogens is 785 g/mol. The molecule has 4 rings (SSSR count). The molecule has 0 aromatic carbocycles. The molecule has 0 unspecified atom stereocenters. The first-order chi connectivity index (χ1) is 28.8. The molecule has 3 heterocycles. The molecule has 14 heteroatoms. The van der Waals surface area contributed by atoms with Gasteiger partial charge in [-0.05, 0) is 109 Å². The minimum Gasteiger partial charge on any atom is -0.456 e. The second kappa shape index (κ2) is 24.3. The van der Waals surface area contributed by atoms with Crippen LogP contribution < -0.4 is 0 Å². The van der Waals surface area contributed by atoms with Gasteiger partial charge in [0.2, 0.25) is 5.79 Å². The molecule has 1 saturated carbocycles. The summed E-state index contributed by atoms with van der Waals surface area (Å²) >= 11 is 0. The fourth-order valence-electron chi connectivity index (χ4n) is 9.65. The van der Waals surface area contributed by atoms with Gasteiger partial charge in [-0.25, -0.2) is 4.79 Å². The van der Waals surface area contributed by atoms with Gasteiger partial charge in [0, 0.05) is 64.9 Å². The zero-order chi connectivity index (χ0) is 45.8. The maximum atomic E-state index is 14.4. The Hall–Kier alpha value is -2.82. The number of carbonyl (C=O) groups excluding carboxylic acids is 3. The van der Waals surface area contributed by atoms with Crippen LogP contribution in [0.25, 0.3) is 0 Å². The number of aliphatic hydroxyl groups excluding tert-OH is 3. The Labute approximate surface area is 364 Å². The number of nitrogens with zero attached hydrogens (tertiary/aromatic N) is 1. The number of carbonyl (C=O) groups is 3. The van der Waals surface area contributed by atoms with Gasteiger partial charge in [-0.2, -0.15) is 0 Å². The number of nitrogens with one attached hydrogen (secondary N) is 1. The summed E-state index contributed by atoms with van der Waals surface area (Å²) in [5.41, 5.74) is 3.25. The van der Waals surface area contributed by atoms with Crippen LogP contribution in [0.5, 0.6) is 0 Å². The number of methoxy groups -OCH3 is 3. The van der Waals surface area contributed by atoms with Crippen molar-refractivity contribution in [3.63, 3.8) is 0 Å². The Morgan fingerprint density at radius 2 is 1.54 bits per heavy atom. The number of piperidine rings is 1. The molecule has 4 aliphatic rings. The van der Waals surface area contributed by atoms with E-state index in [-0.39, 0.29) is 49.7 Å². The highest BCUT2D eigenvalue weighted by atomic mass is 16.7. The lowest BCUT2D eigenvalue weighted by Gasteiger charge is -2.47. The van der Waals surface area contributed by atoms with Crippen LogP contribution in [0.2, 0.25) is 0 Å². The van der Waals surface area contributed by atoms with Crippen molar-refractivity contribution < 1.29 is 58.5 Å². The van der Waals surface area contributed by atoms with Crippen LogP contribution in [0.15, 0.2) is 34.9 Å². The molecule has 0 aromatic heterocycles. The quantitative estimate of drug-likeness (QED) is 0.123.